The van der Waals surface area contributed by atoms with Gasteiger partial charge in [-0.3, -0.25) is 29.4 Å². The highest BCUT2D eigenvalue weighted by Crippen LogP contribution is 2.27. The van der Waals surface area contributed by atoms with Crippen molar-refractivity contribution in [2.45, 2.75) is 30.6 Å². The lowest BCUT2D eigenvalue weighted by atomic mass is 10.1. The van der Waals surface area contributed by atoms with Crippen LogP contribution in [0.25, 0.3) is 0 Å². The lowest BCUT2D eigenvalue weighted by Gasteiger charge is -2.20. The number of nitro groups is 1. The first-order valence-electron chi connectivity index (χ1n) is 10.7. The molecule has 0 unspecified atom stereocenters. The molecule has 0 aromatic heterocycles. The maximum absolute atomic E-state index is 12.9. The Hall–Kier alpha value is -3.64. The Kier molecular flexibility index (Phi) is 6.44. The molecule has 2 heterocycles. The number of anilines is 1. The summed E-state index contributed by atoms with van der Waals surface area (Å²) in [7, 11) is -3.63. The summed E-state index contributed by atoms with van der Waals surface area (Å²) < 4.78 is 27.2. The molecule has 34 heavy (non-hydrogen) atoms. The van der Waals surface area contributed by atoms with E-state index in [4.69, 9.17) is 0 Å². The van der Waals surface area contributed by atoms with Crippen LogP contribution in [-0.4, -0.2) is 59.9 Å². The summed E-state index contributed by atoms with van der Waals surface area (Å²) in [6, 6.07) is 9.00. The first-order valence-corrected chi connectivity index (χ1v) is 12.2. The molecule has 1 N–H and O–H groups in total. The van der Waals surface area contributed by atoms with Gasteiger partial charge in [0.1, 0.15) is 6.54 Å². The van der Waals surface area contributed by atoms with Gasteiger partial charge in [-0.2, -0.15) is 4.31 Å². The number of benzene rings is 2. The van der Waals surface area contributed by atoms with Gasteiger partial charge in [0.05, 0.1) is 20.9 Å². The monoisotopic (exact) mass is 486 g/mol. The average Bonchev–Trinajstić information content (AvgIpc) is 3.01. The number of nitro benzene ring substituents is 1. The SMILES string of the molecule is O=C(CN1C(=O)c2ccc([N+](=O)[O-])cc2C1=O)Nc1ccc(S(=O)(=O)N2CCCCCC2)cc1. The fourth-order valence-electron chi connectivity index (χ4n) is 4.02. The van der Waals surface area contributed by atoms with Crippen LogP contribution in [0, 0.1) is 10.1 Å². The predicted octanol–water partition coefficient (Wildman–Crippen LogP) is 2.39. The van der Waals surface area contributed by atoms with E-state index in [1.807, 2.05) is 0 Å². The number of nitrogens with one attached hydrogen (secondary N) is 1. The van der Waals surface area contributed by atoms with Crippen LogP contribution in [-0.2, 0) is 14.8 Å². The number of rotatable bonds is 6. The molecule has 0 spiro atoms. The number of imide groups is 1. The number of sulfonamides is 1. The molecule has 178 valence electrons. The molecule has 2 aliphatic heterocycles. The molecule has 0 aliphatic carbocycles. The third-order valence-corrected chi connectivity index (χ3v) is 7.72. The van der Waals surface area contributed by atoms with Crippen molar-refractivity contribution in [2.75, 3.05) is 25.0 Å². The molecular weight excluding hydrogens is 464 g/mol. The van der Waals surface area contributed by atoms with Crippen molar-refractivity contribution in [3.8, 4) is 0 Å². The topological polar surface area (TPSA) is 147 Å². The summed E-state index contributed by atoms with van der Waals surface area (Å²) in [5.41, 5.74) is -0.171. The van der Waals surface area contributed by atoms with E-state index in [0.717, 1.165) is 37.8 Å². The van der Waals surface area contributed by atoms with Gasteiger partial charge in [0.25, 0.3) is 17.5 Å². The number of fused-ring (bicyclic) bond motifs is 1. The standard InChI is InChI=1S/C22H22N4O7S/c27-20(14-25-21(28)18-10-7-16(26(30)31)13-19(18)22(25)29)23-15-5-8-17(9-6-15)34(32,33)24-11-3-1-2-4-12-24/h5-10,13H,1-4,11-12,14H2,(H,23,27). The summed E-state index contributed by atoms with van der Waals surface area (Å²) in [6.07, 6.45) is 3.64. The summed E-state index contributed by atoms with van der Waals surface area (Å²) in [5, 5.41) is 13.5. The zero-order valence-corrected chi connectivity index (χ0v) is 18.9. The molecule has 1 fully saturated rings. The highest BCUT2D eigenvalue weighted by molar-refractivity contribution is 7.89. The van der Waals surface area contributed by atoms with E-state index in [2.05, 4.69) is 5.32 Å². The van der Waals surface area contributed by atoms with Crippen LogP contribution in [0.5, 0.6) is 0 Å². The largest absolute Gasteiger partial charge is 0.325 e. The maximum atomic E-state index is 12.9. The van der Waals surface area contributed by atoms with E-state index in [9.17, 15) is 32.9 Å². The van der Waals surface area contributed by atoms with Crippen LogP contribution < -0.4 is 5.32 Å². The molecule has 0 atom stereocenters. The Morgan fingerprint density at radius 2 is 1.56 bits per heavy atom. The number of non-ortho nitro benzene ring substituents is 1. The molecule has 0 radical (unpaired) electrons. The fraction of sp³-hybridized carbons (Fsp3) is 0.318. The zero-order chi connectivity index (χ0) is 24.5. The number of hydrogen-bond donors (Lipinski definition) is 1. The molecule has 12 heteroatoms. The van der Waals surface area contributed by atoms with Crippen LogP contribution in [0.2, 0.25) is 0 Å². The van der Waals surface area contributed by atoms with Crippen molar-refractivity contribution in [1.29, 1.82) is 0 Å². The van der Waals surface area contributed by atoms with E-state index < -0.39 is 39.2 Å². The smallest absolute Gasteiger partial charge is 0.270 e. The van der Waals surface area contributed by atoms with E-state index in [1.165, 1.54) is 34.6 Å². The van der Waals surface area contributed by atoms with E-state index in [1.54, 1.807) is 0 Å². The number of carbonyl (C=O) groups is 3. The highest BCUT2D eigenvalue weighted by atomic mass is 32.2. The van der Waals surface area contributed by atoms with Crippen molar-refractivity contribution in [1.82, 2.24) is 9.21 Å². The van der Waals surface area contributed by atoms with Crippen LogP contribution in [0.3, 0.4) is 0 Å². The van der Waals surface area contributed by atoms with E-state index in [-0.39, 0.29) is 21.7 Å². The highest BCUT2D eigenvalue weighted by Gasteiger charge is 2.37. The minimum atomic E-state index is -3.63. The molecule has 0 bridgehead atoms. The van der Waals surface area contributed by atoms with Crippen LogP contribution >= 0.6 is 0 Å². The van der Waals surface area contributed by atoms with Gasteiger partial charge in [0, 0.05) is 30.9 Å². The Bertz CT molecular complexity index is 1270. The third kappa shape index (κ3) is 4.54. The zero-order valence-electron chi connectivity index (χ0n) is 18.1. The molecule has 2 aromatic carbocycles. The van der Waals surface area contributed by atoms with E-state index >= 15 is 0 Å². The maximum Gasteiger partial charge on any atom is 0.270 e. The van der Waals surface area contributed by atoms with Gasteiger partial charge < -0.3 is 5.32 Å². The normalized spacial score (nSPS) is 16.8. The summed E-state index contributed by atoms with van der Waals surface area (Å²) >= 11 is 0. The van der Waals surface area contributed by atoms with Crippen molar-refractivity contribution < 1.29 is 27.7 Å². The number of nitrogens with zero attached hydrogens (tertiary/aromatic N) is 3. The van der Waals surface area contributed by atoms with Gasteiger partial charge in [-0.05, 0) is 43.2 Å². The van der Waals surface area contributed by atoms with Gasteiger partial charge >= 0.3 is 0 Å². The summed E-state index contributed by atoms with van der Waals surface area (Å²) in [4.78, 5) is 48.6. The Morgan fingerprint density at radius 3 is 2.18 bits per heavy atom. The van der Waals surface area contributed by atoms with Crippen LogP contribution in [0.15, 0.2) is 47.4 Å². The van der Waals surface area contributed by atoms with Crippen LogP contribution in [0.1, 0.15) is 46.4 Å². The van der Waals surface area contributed by atoms with Gasteiger partial charge in [-0.15, -0.1) is 0 Å². The number of hydrogen-bond acceptors (Lipinski definition) is 7. The minimum absolute atomic E-state index is 0.00790. The third-order valence-electron chi connectivity index (χ3n) is 5.81. The molecule has 4 rings (SSSR count). The first kappa shape index (κ1) is 23.5. The van der Waals surface area contributed by atoms with E-state index in [0.29, 0.717) is 23.7 Å². The van der Waals surface area contributed by atoms with Crippen molar-refractivity contribution >= 4 is 39.1 Å². The van der Waals surface area contributed by atoms with Crippen molar-refractivity contribution in [2.24, 2.45) is 0 Å². The summed E-state index contributed by atoms with van der Waals surface area (Å²) in [6.45, 7) is 0.364. The van der Waals surface area contributed by atoms with Gasteiger partial charge in [-0.25, -0.2) is 8.42 Å². The van der Waals surface area contributed by atoms with Crippen LogP contribution in [0.4, 0.5) is 11.4 Å². The quantitative estimate of drug-likeness (QED) is 0.374. The lowest BCUT2D eigenvalue weighted by Crippen LogP contribution is -2.37. The second-order valence-corrected chi connectivity index (χ2v) is 10.0. The Labute approximate surface area is 195 Å². The Balaban J connectivity index is 1.42. The van der Waals surface area contributed by atoms with Crippen molar-refractivity contribution in [3.63, 3.8) is 0 Å². The van der Waals surface area contributed by atoms with Gasteiger partial charge in [-0.1, -0.05) is 12.8 Å². The first-order chi connectivity index (χ1) is 16.2. The number of amides is 3. The molecule has 3 amide bonds. The lowest BCUT2D eigenvalue weighted by molar-refractivity contribution is -0.384. The molecule has 2 aliphatic rings. The predicted molar refractivity (Wildman–Crippen MR) is 121 cm³/mol. The molecule has 1 saturated heterocycles. The van der Waals surface area contributed by atoms with Gasteiger partial charge in [0.15, 0.2) is 0 Å². The molecule has 0 saturated carbocycles. The average molecular weight is 487 g/mol. The summed E-state index contributed by atoms with van der Waals surface area (Å²) in [5.74, 6) is -2.19. The second kappa shape index (κ2) is 9.31. The molecular formula is C22H22N4O7S. The minimum Gasteiger partial charge on any atom is -0.325 e. The Morgan fingerprint density at radius 1 is 0.941 bits per heavy atom. The molecule has 11 nitrogen and oxygen atoms in total. The van der Waals surface area contributed by atoms with Crippen molar-refractivity contribution in [3.05, 3.63) is 63.7 Å². The fourth-order valence-corrected chi connectivity index (χ4v) is 5.54. The number of carbonyl (C=O) groups excluding carboxylic acids is 3. The van der Waals surface area contributed by atoms with Gasteiger partial charge in [0.2, 0.25) is 15.9 Å². The molecule has 2 aromatic rings. The second-order valence-electron chi connectivity index (χ2n) is 8.07.